The number of carbonyl (C=O) groups excluding carboxylic acids is 1. The number of thiophene rings is 1. The Morgan fingerprint density at radius 3 is 2.67 bits per heavy atom. The number of rotatable bonds is 5. The van der Waals surface area contributed by atoms with Gasteiger partial charge in [-0.3, -0.25) is 4.79 Å². The minimum atomic E-state index is -0.0523. The van der Waals surface area contributed by atoms with Crippen LogP contribution in [0.5, 0.6) is 0 Å². The summed E-state index contributed by atoms with van der Waals surface area (Å²) in [6.07, 6.45) is 0. The molecule has 0 aliphatic carbocycles. The smallest absolute Gasteiger partial charge is 0.261 e. The van der Waals surface area contributed by atoms with Crippen LogP contribution in [0.2, 0.25) is 5.02 Å². The van der Waals surface area contributed by atoms with Crippen LogP contribution >= 0.6 is 35.3 Å². The monoisotopic (exact) mass is 384 g/mol. The molecule has 1 aromatic carbocycles. The first-order chi connectivity index (χ1) is 11.1. The van der Waals surface area contributed by atoms with Gasteiger partial charge in [0, 0.05) is 23.5 Å². The zero-order valence-corrected chi connectivity index (χ0v) is 15.7. The Balaban J connectivity index is 0.00000208. The second-order valence-corrected chi connectivity index (χ2v) is 6.63. The number of hydrogen-bond donors (Lipinski definition) is 2. The van der Waals surface area contributed by atoms with E-state index in [2.05, 4.69) is 15.7 Å². The minimum Gasteiger partial charge on any atom is -0.350 e. The Morgan fingerprint density at radius 2 is 2.00 bits per heavy atom. The molecule has 5 nitrogen and oxygen atoms in total. The van der Waals surface area contributed by atoms with Crippen molar-refractivity contribution in [2.24, 2.45) is 0 Å². The van der Waals surface area contributed by atoms with Crippen LogP contribution < -0.4 is 10.6 Å². The molecular formula is C16H18Cl2N4OS. The fraction of sp³-hybridized carbons (Fsp3) is 0.250. The molecular weight excluding hydrogens is 367 g/mol. The van der Waals surface area contributed by atoms with Gasteiger partial charge in [-0.2, -0.15) is 5.10 Å². The SMILES string of the molecule is CNCCNC(=O)c1cc2c(C)nn(-c3ccc(Cl)cc3)c2s1.Cl. The highest BCUT2D eigenvalue weighted by Gasteiger charge is 2.16. The molecule has 2 N–H and O–H groups in total. The van der Waals surface area contributed by atoms with Gasteiger partial charge in [-0.15, -0.1) is 23.7 Å². The number of nitrogens with zero attached hydrogens (tertiary/aromatic N) is 2. The molecule has 0 aliphatic heterocycles. The summed E-state index contributed by atoms with van der Waals surface area (Å²) in [5.74, 6) is -0.0523. The maximum absolute atomic E-state index is 12.2. The Morgan fingerprint density at radius 1 is 1.29 bits per heavy atom. The zero-order valence-electron chi connectivity index (χ0n) is 13.3. The van der Waals surface area contributed by atoms with Gasteiger partial charge in [0.25, 0.3) is 5.91 Å². The van der Waals surface area contributed by atoms with E-state index in [4.69, 9.17) is 11.6 Å². The summed E-state index contributed by atoms with van der Waals surface area (Å²) < 4.78 is 1.86. The number of halogens is 2. The molecule has 3 rings (SSSR count). The van der Waals surface area contributed by atoms with Gasteiger partial charge in [-0.25, -0.2) is 4.68 Å². The molecule has 0 unspecified atom stereocenters. The topological polar surface area (TPSA) is 58.9 Å². The minimum absolute atomic E-state index is 0. The highest BCUT2D eigenvalue weighted by atomic mass is 35.5. The van der Waals surface area contributed by atoms with Crippen molar-refractivity contribution in [3.05, 3.63) is 45.9 Å². The van der Waals surface area contributed by atoms with E-state index in [1.54, 1.807) is 0 Å². The lowest BCUT2D eigenvalue weighted by Gasteiger charge is -2.03. The van der Waals surface area contributed by atoms with E-state index in [-0.39, 0.29) is 18.3 Å². The van der Waals surface area contributed by atoms with Gasteiger partial charge in [0.15, 0.2) is 0 Å². The number of benzene rings is 1. The molecule has 0 saturated carbocycles. The number of likely N-dealkylation sites (N-methyl/N-ethyl adjacent to an activating group) is 1. The first-order valence-corrected chi connectivity index (χ1v) is 8.47. The largest absolute Gasteiger partial charge is 0.350 e. The molecule has 2 heterocycles. The van der Waals surface area contributed by atoms with Crippen LogP contribution in [0.25, 0.3) is 15.9 Å². The Bertz CT molecular complexity index is 842. The van der Waals surface area contributed by atoms with Crippen LogP contribution in [0.3, 0.4) is 0 Å². The van der Waals surface area contributed by atoms with Gasteiger partial charge in [0.05, 0.1) is 16.3 Å². The van der Waals surface area contributed by atoms with Crippen LogP contribution in [0.1, 0.15) is 15.4 Å². The third kappa shape index (κ3) is 3.72. The van der Waals surface area contributed by atoms with Gasteiger partial charge in [0.1, 0.15) is 4.83 Å². The van der Waals surface area contributed by atoms with Crippen molar-refractivity contribution in [3.63, 3.8) is 0 Å². The van der Waals surface area contributed by atoms with Crippen molar-refractivity contribution in [1.82, 2.24) is 20.4 Å². The quantitative estimate of drug-likeness (QED) is 0.662. The predicted molar refractivity (Wildman–Crippen MR) is 102 cm³/mol. The van der Waals surface area contributed by atoms with Crippen LogP contribution in [-0.2, 0) is 0 Å². The maximum atomic E-state index is 12.2. The highest BCUT2D eigenvalue weighted by Crippen LogP contribution is 2.30. The fourth-order valence-corrected chi connectivity index (χ4v) is 3.53. The average molecular weight is 385 g/mol. The molecule has 0 bridgehead atoms. The van der Waals surface area contributed by atoms with Crippen molar-refractivity contribution in [2.75, 3.05) is 20.1 Å². The van der Waals surface area contributed by atoms with Gasteiger partial charge >= 0.3 is 0 Å². The number of fused-ring (bicyclic) bond motifs is 1. The molecule has 0 saturated heterocycles. The van der Waals surface area contributed by atoms with Crippen LogP contribution in [0, 0.1) is 6.92 Å². The first kappa shape index (κ1) is 18.7. The van der Waals surface area contributed by atoms with Crippen LogP contribution in [-0.4, -0.2) is 35.8 Å². The predicted octanol–water partition coefficient (Wildman–Crippen LogP) is 3.42. The van der Waals surface area contributed by atoms with E-state index in [1.807, 2.05) is 49.0 Å². The standard InChI is InChI=1S/C16H17ClN4OS.ClH/c1-10-13-9-14(15(22)19-8-7-18-2)23-16(13)21(20-10)12-5-3-11(17)4-6-12;/h3-6,9,18H,7-8H2,1-2H3,(H,19,22);1H. The number of hydrogen-bond acceptors (Lipinski definition) is 4. The summed E-state index contributed by atoms with van der Waals surface area (Å²) in [6, 6.07) is 9.40. The molecule has 0 fully saturated rings. The summed E-state index contributed by atoms with van der Waals surface area (Å²) in [6.45, 7) is 3.30. The summed E-state index contributed by atoms with van der Waals surface area (Å²) in [4.78, 5) is 13.9. The lowest BCUT2D eigenvalue weighted by atomic mass is 10.3. The third-order valence-electron chi connectivity index (χ3n) is 3.50. The Hall–Kier alpha value is -1.60. The van der Waals surface area contributed by atoms with Gasteiger partial charge in [-0.05, 0) is 44.3 Å². The second-order valence-electron chi connectivity index (χ2n) is 5.16. The Kier molecular flexibility index (Phi) is 6.23. The fourth-order valence-electron chi connectivity index (χ4n) is 2.30. The van der Waals surface area contributed by atoms with Crippen molar-refractivity contribution in [2.45, 2.75) is 6.92 Å². The number of aromatic nitrogens is 2. The number of aryl methyl sites for hydroxylation is 1. The van der Waals surface area contributed by atoms with Crippen molar-refractivity contribution in [1.29, 1.82) is 0 Å². The molecule has 0 aliphatic rings. The molecule has 8 heteroatoms. The van der Waals surface area contributed by atoms with E-state index in [0.717, 1.165) is 28.1 Å². The summed E-state index contributed by atoms with van der Waals surface area (Å²) in [5.41, 5.74) is 1.83. The Labute approximate surface area is 155 Å². The first-order valence-electron chi connectivity index (χ1n) is 7.28. The summed E-state index contributed by atoms with van der Waals surface area (Å²) in [5, 5.41) is 12.2. The third-order valence-corrected chi connectivity index (χ3v) is 4.86. The zero-order chi connectivity index (χ0) is 16.4. The maximum Gasteiger partial charge on any atom is 0.261 e. The molecule has 0 spiro atoms. The molecule has 0 atom stereocenters. The normalized spacial score (nSPS) is 10.6. The van der Waals surface area contributed by atoms with Gasteiger partial charge in [0.2, 0.25) is 0 Å². The molecule has 3 aromatic rings. The van der Waals surface area contributed by atoms with E-state index in [1.165, 1.54) is 11.3 Å². The number of nitrogens with one attached hydrogen (secondary N) is 2. The number of amides is 1. The van der Waals surface area contributed by atoms with E-state index in [9.17, 15) is 4.79 Å². The average Bonchev–Trinajstić information content (AvgIpc) is 3.10. The van der Waals surface area contributed by atoms with Crippen molar-refractivity contribution >= 4 is 51.5 Å². The van der Waals surface area contributed by atoms with Crippen molar-refractivity contribution in [3.8, 4) is 5.69 Å². The molecule has 24 heavy (non-hydrogen) atoms. The van der Waals surface area contributed by atoms with E-state index in [0.29, 0.717) is 16.4 Å². The second kappa shape index (κ2) is 7.98. The van der Waals surface area contributed by atoms with Gasteiger partial charge in [-0.1, -0.05) is 11.6 Å². The summed E-state index contributed by atoms with van der Waals surface area (Å²) >= 11 is 7.39. The lowest BCUT2D eigenvalue weighted by molar-refractivity contribution is 0.0958. The van der Waals surface area contributed by atoms with Crippen LogP contribution in [0.4, 0.5) is 0 Å². The molecule has 1 amide bonds. The summed E-state index contributed by atoms with van der Waals surface area (Å²) in [7, 11) is 1.86. The van der Waals surface area contributed by atoms with Crippen molar-refractivity contribution < 1.29 is 4.79 Å². The highest BCUT2D eigenvalue weighted by molar-refractivity contribution is 7.20. The molecule has 128 valence electrons. The van der Waals surface area contributed by atoms with Gasteiger partial charge < -0.3 is 10.6 Å². The number of carbonyl (C=O) groups is 1. The molecule has 2 aromatic heterocycles. The molecule has 0 radical (unpaired) electrons. The lowest BCUT2D eigenvalue weighted by Crippen LogP contribution is -2.29. The van der Waals surface area contributed by atoms with Crippen LogP contribution in [0.15, 0.2) is 30.3 Å². The van der Waals surface area contributed by atoms with E-state index >= 15 is 0 Å². The van der Waals surface area contributed by atoms with E-state index < -0.39 is 0 Å².